The largest absolute Gasteiger partial charge is 0.300 e. The van der Waals surface area contributed by atoms with E-state index in [4.69, 9.17) is 23.2 Å². The van der Waals surface area contributed by atoms with Crippen molar-refractivity contribution in [2.75, 3.05) is 10.0 Å². The molecule has 0 saturated carbocycles. The van der Waals surface area contributed by atoms with E-state index in [-0.39, 0.29) is 33.2 Å². The summed E-state index contributed by atoms with van der Waals surface area (Å²) in [6, 6.07) is 10.6. The summed E-state index contributed by atoms with van der Waals surface area (Å²) in [4.78, 5) is 12.2. The van der Waals surface area contributed by atoms with Crippen LogP contribution in [0.3, 0.4) is 0 Å². The number of carbonyl (C=O) groups is 1. The molecule has 0 radical (unpaired) electrons. The van der Waals surface area contributed by atoms with Gasteiger partial charge in [0.25, 0.3) is 10.0 Å². The summed E-state index contributed by atoms with van der Waals surface area (Å²) in [5.74, 6) is 0.0129. The van der Waals surface area contributed by atoms with E-state index in [1.54, 1.807) is 24.3 Å². The maximum absolute atomic E-state index is 12.5. The van der Waals surface area contributed by atoms with Gasteiger partial charge in [0.15, 0.2) is 0 Å². The normalized spacial score (nSPS) is 11.5. The van der Waals surface area contributed by atoms with Crippen LogP contribution >= 0.6 is 34.5 Å². The van der Waals surface area contributed by atoms with Crippen molar-refractivity contribution in [2.45, 2.75) is 31.1 Å². The molecule has 0 aliphatic heterocycles. The molecule has 2 N–H and O–H groups in total. The Morgan fingerprint density at radius 1 is 1.07 bits per heavy atom. The molecule has 3 rings (SSSR count). The van der Waals surface area contributed by atoms with E-state index in [9.17, 15) is 13.2 Å². The molecule has 0 fully saturated rings. The highest BCUT2D eigenvalue weighted by Gasteiger charge is 2.16. The Kier molecular flexibility index (Phi) is 6.97. The number of nitrogens with zero attached hydrogens (tertiary/aromatic N) is 2. The molecule has 1 amide bonds. The van der Waals surface area contributed by atoms with Crippen molar-refractivity contribution in [3.8, 4) is 0 Å². The molecule has 1 aromatic heterocycles. The molecule has 0 aliphatic rings. The van der Waals surface area contributed by atoms with Gasteiger partial charge < -0.3 is 5.32 Å². The first-order valence-corrected chi connectivity index (χ1v) is 11.9. The maximum Gasteiger partial charge on any atom is 0.261 e. The van der Waals surface area contributed by atoms with Gasteiger partial charge in [0.2, 0.25) is 11.0 Å². The summed E-state index contributed by atoms with van der Waals surface area (Å²) in [5, 5.41) is 12.4. The molecule has 11 heteroatoms. The molecule has 2 aromatic carbocycles. The summed E-state index contributed by atoms with van der Waals surface area (Å²) in [7, 11) is -3.82. The molecule has 0 spiro atoms. The number of aromatic nitrogens is 2. The van der Waals surface area contributed by atoms with Crippen LogP contribution in [0.15, 0.2) is 47.4 Å². The summed E-state index contributed by atoms with van der Waals surface area (Å²) < 4.78 is 27.5. The molecule has 0 saturated heterocycles. The van der Waals surface area contributed by atoms with E-state index in [1.807, 2.05) is 13.8 Å². The quantitative estimate of drug-likeness (QED) is 0.493. The SMILES string of the molecule is CC(C)c1nnc(NC(=O)Cc2ccc(NS(=O)(=O)c3ccc(Cl)c(Cl)c3)cc2)s1. The minimum atomic E-state index is -3.82. The highest BCUT2D eigenvalue weighted by molar-refractivity contribution is 7.92. The van der Waals surface area contributed by atoms with Gasteiger partial charge in [0, 0.05) is 11.6 Å². The van der Waals surface area contributed by atoms with Crippen molar-refractivity contribution in [3.63, 3.8) is 0 Å². The lowest BCUT2D eigenvalue weighted by Gasteiger charge is -2.09. The fraction of sp³-hybridized carbons (Fsp3) is 0.211. The highest BCUT2D eigenvalue weighted by Crippen LogP contribution is 2.26. The van der Waals surface area contributed by atoms with Gasteiger partial charge in [-0.25, -0.2) is 8.42 Å². The first-order chi connectivity index (χ1) is 14.1. The Balaban J connectivity index is 1.62. The molecule has 7 nitrogen and oxygen atoms in total. The second-order valence-electron chi connectivity index (χ2n) is 6.70. The summed E-state index contributed by atoms with van der Waals surface area (Å²) in [6.07, 6.45) is 0.121. The van der Waals surface area contributed by atoms with E-state index in [1.165, 1.54) is 29.5 Å². The van der Waals surface area contributed by atoms with E-state index < -0.39 is 10.0 Å². The number of anilines is 2. The third-order valence-electron chi connectivity index (χ3n) is 3.95. The molecule has 1 heterocycles. The number of halogens is 2. The highest BCUT2D eigenvalue weighted by atomic mass is 35.5. The minimum absolute atomic E-state index is 0.00169. The number of carbonyl (C=O) groups excluding carboxylic acids is 1. The van der Waals surface area contributed by atoms with Crippen molar-refractivity contribution in [3.05, 3.63) is 63.1 Å². The maximum atomic E-state index is 12.5. The van der Waals surface area contributed by atoms with Crippen LogP contribution in [0.2, 0.25) is 10.0 Å². The summed E-state index contributed by atoms with van der Waals surface area (Å²) in [6.45, 7) is 4.01. The van der Waals surface area contributed by atoms with Gasteiger partial charge in [-0.3, -0.25) is 9.52 Å². The monoisotopic (exact) mass is 484 g/mol. The molecule has 0 bridgehead atoms. The Hall–Kier alpha value is -2.20. The molecule has 30 heavy (non-hydrogen) atoms. The predicted molar refractivity (Wildman–Crippen MR) is 120 cm³/mol. The standard InChI is InChI=1S/C19H18Cl2N4O3S2/c1-11(2)18-23-24-19(29-18)22-17(26)9-12-3-5-13(6-4-12)25-30(27,28)14-7-8-15(20)16(21)10-14/h3-8,10-11,25H,9H2,1-2H3,(H,22,24,26). The average molecular weight is 485 g/mol. The second kappa shape index (κ2) is 9.30. The third-order valence-corrected chi connectivity index (χ3v) is 7.21. The van der Waals surface area contributed by atoms with Crippen LogP contribution in [0.4, 0.5) is 10.8 Å². The van der Waals surface area contributed by atoms with E-state index in [0.717, 1.165) is 10.6 Å². The number of amides is 1. The zero-order valence-corrected chi connectivity index (χ0v) is 19.2. The smallest absolute Gasteiger partial charge is 0.261 e. The average Bonchev–Trinajstić information content (AvgIpc) is 3.14. The van der Waals surface area contributed by atoms with Crippen molar-refractivity contribution < 1.29 is 13.2 Å². The Morgan fingerprint density at radius 2 is 1.77 bits per heavy atom. The van der Waals surface area contributed by atoms with Crippen LogP contribution in [0.25, 0.3) is 0 Å². The second-order valence-corrected chi connectivity index (χ2v) is 10.2. The van der Waals surface area contributed by atoms with E-state index in [2.05, 4.69) is 20.2 Å². The molecule has 0 aliphatic carbocycles. The number of benzene rings is 2. The Labute approximate surface area is 188 Å². The van der Waals surface area contributed by atoms with Gasteiger partial charge in [-0.1, -0.05) is 60.5 Å². The Bertz CT molecular complexity index is 1160. The molecule has 0 atom stereocenters. The first-order valence-electron chi connectivity index (χ1n) is 8.84. The number of rotatable bonds is 7. The topological polar surface area (TPSA) is 101 Å². The summed E-state index contributed by atoms with van der Waals surface area (Å²) in [5.41, 5.74) is 1.08. The van der Waals surface area contributed by atoms with Crippen LogP contribution in [0, 0.1) is 0 Å². The van der Waals surface area contributed by atoms with Crippen molar-refractivity contribution in [1.29, 1.82) is 0 Å². The van der Waals surface area contributed by atoms with Gasteiger partial charge in [0.1, 0.15) is 5.01 Å². The van der Waals surface area contributed by atoms with Crippen LogP contribution in [0.5, 0.6) is 0 Å². The minimum Gasteiger partial charge on any atom is -0.300 e. The van der Waals surface area contributed by atoms with Gasteiger partial charge >= 0.3 is 0 Å². The lowest BCUT2D eigenvalue weighted by molar-refractivity contribution is -0.115. The first kappa shape index (κ1) is 22.5. The predicted octanol–water partition coefficient (Wildman–Crippen LogP) is 4.95. The van der Waals surface area contributed by atoms with Crippen molar-refractivity contribution in [2.24, 2.45) is 0 Å². The van der Waals surface area contributed by atoms with Crippen molar-refractivity contribution in [1.82, 2.24) is 10.2 Å². The Morgan fingerprint density at radius 3 is 2.37 bits per heavy atom. The molecule has 3 aromatic rings. The lowest BCUT2D eigenvalue weighted by atomic mass is 10.1. The van der Waals surface area contributed by atoms with Gasteiger partial charge in [-0.05, 0) is 35.9 Å². The molecule has 158 valence electrons. The van der Waals surface area contributed by atoms with Crippen LogP contribution in [0.1, 0.15) is 30.3 Å². The molecular formula is C19H18Cl2N4O3S2. The zero-order chi connectivity index (χ0) is 21.9. The van der Waals surface area contributed by atoms with Crippen LogP contribution in [-0.2, 0) is 21.2 Å². The van der Waals surface area contributed by atoms with E-state index >= 15 is 0 Å². The number of sulfonamides is 1. The van der Waals surface area contributed by atoms with Gasteiger partial charge in [-0.2, -0.15) is 0 Å². The summed E-state index contributed by atoms with van der Waals surface area (Å²) >= 11 is 13.1. The van der Waals surface area contributed by atoms with Gasteiger partial charge in [-0.15, -0.1) is 10.2 Å². The van der Waals surface area contributed by atoms with Gasteiger partial charge in [0.05, 0.1) is 21.4 Å². The van der Waals surface area contributed by atoms with Crippen LogP contribution in [-0.4, -0.2) is 24.5 Å². The lowest BCUT2D eigenvalue weighted by Crippen LogP contribution is -2.15. The number of hydrogen-bond acceptors (Lipinski definition) is 6. The zero-order valence-electron chi connectivity index (χ0n) is 16.0. The van der Waals surface area contributed by atoms with Crippen LogP contribution < -0.4 is 10.0 Å². The molecular weight excluding hydrogens is 467 g/mol. The molecule has 0 unspecified atom stereocenters. The van der Waals surface area contributed by atoms with Crippen molar-refractivity contribution >= 4 is 61.3 Å². The number of nitrogens with one attached hydrogen (secondary N) is 2. The fourth-order valence-corrected chi connectivity index (χ4v) is 4.63. The number of hydrogen-bond donors (Lipinski definition) is 2. The van der Waals surface area contributed by atoms with E-state index in [0.29, 0.717) is 10.8 Å². The fourth-order valence-electron chi connectivity index (χ4n) is 2.42. The third kappa shape index (κ3) is 5.69.